The molecule has 1 atom stereocenters. The molecule has 0 saturated heterocycles. The van der Waals surface area contributed by atoms with E-state index in [0.717, 1.165) is 23.4 Å². The number of nitrogens with zero attached hydrogens (tertiary/aromatic N) is 2. The molecule has 102 valence electrons. The van der Waals surface area contributed by atoms with E-state index in [1.165, 1.54) is 0 Å². The van der Waals surface area contributed by atoms with Gasteiger partial charge in [-0.15, -0.1) is 0 Å². The molecule has 1 aromatic carbocycles. The second-order valence-electron chi connectivity index (χ2n) is 4.29. The van der Waals surface area contributed by atoms with E-state index in [0.29, 0.717) is 10.0 Å². The Kier molecular flexibility index (Phi) is 4.47. The largest absolute Gasteiger partial charge is 0.271 e. The van der Waals surface area contributed by atoms with Gasteiger partial charge >= 0.3 is 0 Å². The second kappa shape index (κ2) is 5.92. The monoisotopic (exact) mass is 298 g/mol. The van der Waals surface area contributed by atoms with Crippen LogP contribution in [0.4, 0.5) is 0 Å². The third-order valence-electron chi connectivity index (χ3n) is 3.13. The van der Waals surface area contributed by atoms with E-state index in [1.54, 1.807) is 6.20 Å². The summed E-state index contributed by atoms with van der Waals surface area (Å²) in [6.07, 6.45) is 1.63. The molecule has 2 aromatic rings. The minimum Gasteiger partial charge on any atom is -0.271 e. The highest BCUT2D eigenvalue weighted by Gasteiger charge is 2.22. The highest BCUT2D eigenvalue weighted by molar-refractivity contribution is 6.31. The Balaban J connectivity index is 2.56. The van der Waals surface area contributed by atoms with Gasteiger partial charge in [-0.25, -0.2) is 5.43 Å². The van der Waals surface area contributed by atoms with Crippen LogP contribution in [0.1, 0.15) is 29.8 Å². The maximum absolute atomic E-state index is 6.23. The van der Waals surface area contributed by atoms with E-state index in [1.807, 2.05) is 36.7 Å². The summed E-state index contributed by atoms with van der Waals surface area (Å²) in [7, 11) is 0. The summed E-state index contributed by atoms with van der Waals surface area (Å²) in [5.74, 6) is 5.71. The summed E-state index contributed by atoms with van der Waals surface area (Å²) in [5, 5.41) is 5.49. The van der Waals surface area contributed by atoms with E-state index in [9.17, 15) is 0 Å². The lowest BCUT2D eigenvalue weighted by molar-refractivity contribution is 0.542. The van der Waals surface area contributed by atoms with Crippen LogP contribution in [0.15, 0.2) is 24.4 Å². The molecule has 0 fully saturated rings. The summed E-state index contributed by atoms with van der Waals surface area (Å²) in [6, 6.07) is 5.47. The molecule has 1 aromatic heterocycles. The molecule has 1 heterocycles. The Bertz CT molecular complexity index is 580. The lowest BCUT2D eigenvalue weighted by Crippen LogP contribution is -2.31. The Morgan fingerprint density at radius 2 is 2.16 bits per heavy atom. The average Bonchev–Trinajstić information content (AvgIpc) is 2.76. The van der Waals surface area contributed by atoms with E-state index in [-0.39, 0.29) is 6.04 Å². The Hall–Kier alpha value is -1.07. The minimum absolute atomic E-state index is 0.242. The van der Waals surface area contributed by atoms with Crippen LogP contribution in [0.25, 0.3) is 0 Å². The van der Waals surface area contributed by atoms with Gasteiger partial charge in [0.2, 0.25) is 0 Å². The van der Waals surface area contributed by atoms with E-state index in [4.69, 9.17) is 29.0 Å². The summed E-state index contributed by atoms with van der Waals surface area (Å²) >= 11 is 12.3. The molecule has 6 heteroatoms. The van der Waals surface area contributed by atoms with Crippen molar-refractivity contribution in [1.82, 2.24) is 15.2 Å². The van der Waals surface area contributed by atoms with Crippen LogP contribution in [0.3, 0.4) is 0 Å². The molecule has 0 bridgehead atoms. The zero-order chi connectivity index (χ0) is 14.0. The third-order valence-corrected chi connectivity index (χ3v) is 3.65. The SMILES string of the molecule is CCn1ncc(Cl)c1C(NN)c1cc(Cl)ccc1C. The van der Waals surface area contributed by atoms with Crippen LogP contribution in [-0.4, -0.2) is 9.78 Å². The first kappa shape index (κ1) is 14.3. The molecule has 1 unspecified atom stereocenters. The van der Waals surface area contributed by atoms with Gasteiger partial charge < -0.3 is 0 Å². The van der Waals surface area contributed by atoms with Crippen molar-refractivity contribution >= 4 is 23.2 Å². The van der Waals surface area contributed by atoms with Crippen LogP contribution >= 0.6 is 23.2 Å². The van der Waals surface area contributed by atoms with Gasteiger partial charge in [0.25, 0.3) is 0 Å². The Morgan fingerprint density at radius 1 is 1.42 bits per heavy atom. The van der Waals surface area contributed by atoms with Crippen molar-refractivity contribution in [3.8, 4) is 0 Å². The molecule has 4 nitrogen and oxygen atoms in total. The highest BCUT2D eigenvalue weighted by atomic mass is 35.5. The molecule has 2 rings (SSSR count). The maximum atomic E-state index is 6.23. The zero-order valence-corrected chi connectivity index (χ0v) is 12.3. The van der Waals surface area contributed by atoms with Crippen LogP contribution in [0.2, 0.25) is 10.0 Å². The van der Waals surface area contributed by atoms with Crippen molar-refractivity contribution in [3.05, 3.63) is 51.3 Å². The van der Waals surface area contributed by atoms with E-state index < -0.39 is 0 Å². The Labute approximate surface area is 122 Å². The van der Waals surface area contributed by atoms with E-state index in [2.05, 4.69) is 10.5 Å². The standard InChI is InChI=1S/C13H16Cl2N4/c1-3-19-13(11(15)7-17-19)12(18-16)10-6-9(14)5-4-8(10)2/h4-7,12,18H,3,16H2,1-2H3. The summed E-state index contributed by atoms with van der Waals surface area (Å²) in [4.78, 5) is 0. The van der Waals surface area contributed by atoms with Gasteiger partial charge in [0.15, 0.2) is 0 Å². The van der Waals surface area contributed by atoms with Crippen LogP contribution in [-0.2, 0) is 6.54 Å². The molecule has 0 radical (unpaired) electrons. The van der Waals surface area contributed by atoms with Crippen molar-refractivity contribution < 1.29 is 0 Å². The average molecular weight is 299 g/mol. The minimum atomic E-state index is -0.242. The van der Waals surface area contributed by atoms with Crippen molar-refractivity contribution in [2.75, 3.05) is 0 Å². The second-order valence-corrected chi connectivity index (χ2v) is 5.14. The number of nitrogens with two attached hydrogens (primary N) is 1. The molecule has 0 saturated carbocycles. The molecule has 0 aliphatic rings. The molecule has 3 N–H and O–H groups in total. The molecular formula is C13H16Cl2N4. The third kappa shape index (κ3) is 2.77. The quantitative estimate of drug-likeness (QED) is 0.674. The van der Waals surface area contributed by atoms with Gasteiger partial charge in [-0.2, -0.15) is 5.10 Å². The molecule has 0 spiro atoms. The first-order valence-corrected chi connectivity index (χ1v) is 6.77. The first-order valence-electron chi connectivity index (χ1n) is 6.01. The smallest absolute Gasteiger partial charge is 0.0896 e. The van der Waals surface area contributed by atoms with Gasteiger partial charge in [0.05, 0.1) is 23.0 Å². The zero-order valence-electron chi connectivity index (χ0n) is 10.8. The van der Waals surface area contributed by atoms with Gasteiger partial charge in [0, 0.05) is 11.6 Å². The fraction of sp³-hybridized carbons (Fsp3) is 0.308. The summed E-state index contributed by atoms with van der Waals surface area (Å²) < 4.78 is 1.83. The van der Waals surface area contributed by atoms with Gasteiger partial charge in [0.1, 0.15) is 0 Å². The summed E-state index contributed by atoms with van der Waals surface area (Å²) in [5.41, 5.74) is 5.73. The molecule has 19 heavy (non-hydrogen) atoms. The Morgan fingerprint density at radius 3 is 2.79 bits per heavy atom. The van der Waals surface area contributed by atoms with Gasteiger partial charge in [-0.1, -0.05) is 29.3 Å². The van der Waals surface area contributed by atoms with Crippen molar-refractivity contribution in [2.45, 2.75) is 26.4 Å². The van der Waals surface area contributed by atoms with Gasteiger partial charge in [-0.3, -0.25) is 10.5 Å². The lowest BCUT2D eigenvalue weighted by atomic mass is 9.99. The number of nitrogens with one attached hydrogen (secondary N) is 1. The number of benzene rings is 1. The number of hydrazine groups is 1. The number of rotatable bonds is 4. The predicted molar refractivity (Wildman–Crippen MR) is 78.3 cm³/mol. The topological polar surface area (TPSA) is 55.9 Å². The van der Waals surface area contributed by atoms with Crippen LogP contribution < -0.4 is 11.3 Å². The number of hydrogen-bond donors (Lipinski definition) is 2. The number of aryl methyl sites for hydroxylation is 2. The number of halogens is 2. The molecule has 0 aliphatic heterocycles. The first-order chi connectivity index (χ1) is 9.08. The van der Waals surface area contributed by atoms with Crippen LogP contribution in [0, 0.1) is 6.92 Å². The van der Waals surface area contributed by atoms with Crippen molar-refractivity contribution in [2.24, 2.45) is 5.84 Å². The normalized spacial score (nSPS) is 12.7. The molecule has 0 amide bonds. The molecule has 0 aliphatic carbocycles. The van der Waals surface area contributed by atoms with Gasteiger partial charge in [-0.05, 0) is 37.1 Å². The summed E-state index contributed by atoms with van der Waals surface area (Å²) in [6.45, 7) is 4.74. The van der Waals surface area contributed by atoms with E-state index >= 15 is 0 Å². The lowest BCUT2D eigenvalue weighted by Gasteiger charge is -2.20. The van der Waals surface area contributed by atoms with Crippen LogP contribution in [0.5, 0.6) is 0 Å². The fourth-order valence-electron chi connectivity index (χ4n) is 2.15. The van der Waals surface area contributed by atoms with Crippen molar-refractivity contribution in [1.29, 1.82) is 0 Å². The number of aromatic nitrogens is 2. The highest BCUT2D eigenvalue weighted by Crippen LogP contribution is 2.31. The van der Waals surface area contributed by atoms with Crippen molar-refractivity contribution in [3.63, 3.8) is 0 Å². The molecular weight excluding hydrogens is 283 g/mol. The maximum Gasteiger partial charge on any atom is 0.0896 e. The fourth-order valence-corrected chi connectivity index (χ4v) is 2.58. The number of hydrogen-bond acceptors (Lipinski definition) is 3. The predicted octanol–water partition coefficient (Wildman–Crippen LogP) is 3.07.